The van der Waals surface area contributed by atoms with Gasteiger partial charge in [0.05, 0.1) is 0 Å². The second-order valence-electron chi connectivity index (χ2n) is 3.63. The van der Waals surface area contributed by atoms with Crippen LogP contribution < -0.4 is 11.1 Å². The van der Waals surface area contributed by atoms with Crippen molar-refractivity contribution in [3.8, 4) is 0 Å². The summed E-state index contributed by atoms with van der Waals surface area (Å²) in [7, 11) is -1.22. The lowest BCUT2D eigenvalue weighted by molar-refractivity contribution is -0.113. The Bertz CT molecular complexity index is 408. The van der Waals surface area contributed by atoms with E-state index >= 15 is 0 Å². The first-order chi connectivity index (χ1) is 8.02. The third kappa shape index (κ3) is 4.97. The molecule has 0 radical (unpaired) electrons. The zero-order chi connectivity index (χ0) is 12.8. The maximum Gasteiger partial charge on any atom is 0.237 e. The van der Waals surface area contributed by atoms with Crippen LogP contribution in [0.5, 0.6) is 0 Å². The van der Waals surface area contributed by atoms with Gasteiger partial charge in [-0.15, -0.1) is 0 Å². The average Bonchev–Trinajstić information content (AvgIpc) is 2.30. The first-order valence-electron chi connectivity index (χ1n) is 5.15. The van der Waals surface area contributed by atoms with E-state index in [4.69, 9.17) is 5.73 Å². The number of hydrogen-bond donors (Lipinski definition) is 2. The summed E-state index contributed by atoms with van der Waals surface area (Å²) in [6, 6.07) is 7.21. The van der Waals surface area contributed by atoms with Crippen LogP contribution in [0.3, 0.4) is 0 Å². The fourth-order valence-corrected chi connectivity index (χ4v) is 2.20. The highest BCUT2D eigenvalue weighted by atomic mass is 79.9. The van der Waals surface area contributed by atoms with Gasteiger partial charge >= 0.3 is 0 Å². The van der Waals surface area contributed by atoms with Gasteiger partial charge in [0.15, 0.2) is 0 Å². The molecule has 1 aromatic carbocycles. The smallest absolute Gasteiger partial charge is 0.237 e. The summed E-state index contributed by atoms with van der Waals surface area (Å²) in [6.45, 7) is 2.08. The summed E-state index contributed by atoms with van der Waals surface area (Å²) < 4.78 is 12.5. The van der Waals surface area contributed by atoms with E-state index in [2.05, 4.69) is 21.2 Å². The van der Waals surface area contributed by atoms with E-state index in [1.54, 1.807) is 19.1 Å². The minimum atomic E-state index is -1.22. The van der Waals surface area contributed by atoms with Gasteiger partial charge in [0.1, 0.15) is 5.75 Å². The van der Waals surface area contributed by atoms with Crippen LogP contribution in [-0.2, 0) is 15.6 Å². The molecular formula is C11H15BrN2O2S. The minimum Gasteiger partial charge on any atom is -0.329 e. The van der Waals surface area contributed by atoms with Gasteiger partial charge in [-0.05, 0) is 31.2 Å². The van der Waals surface area contributed by atoms with Gasteiger partial charge < -0.3 is 11.1 Å². The van der Waals surface area contributed by atoms with E-state index in [0.717, 1.165) is 4.47 Å². The highest BCUT2D eigenvalue weighted by molar-refractivity contribution is 9.10. The van der Waals surface area contributed by atoms with Crippen LogP contribution in [0.2, 0.25) is 0 Å². The Hall–Kier alpha value is -0.720. The van der Waals surface area contributed by atoms with Crippen molar-refractivity contribution in [2.24, 2.45) is 5.73 Å². The van der Waals surface area contributed by atoms with Crippen molar-refractivity contribution in [2.75, 3.05) is 17.6 Å². The molecule has 3 N–H and O–H groups in total. The molecule has 0 spiro atoms. The standard InChI is InChI=1S/C11H15BrN2O2S/c1-8(6-13)17(16)7-11(15)14-10-4-2-9(12)3-5-10/h2-5,8H,6-7,13H2,1H3,(H,14,15). The largest absolute Gasteiger partial charge is 0.329 e. The van der Waals surface area contributed by atoms with Gasteiger partial charge in [-0.3, -0.25) is 9.00 Å². The Labute approximate surface area is 112 Å². The molecule has 2 atom stereocenters. The minimum absolute atomic E-state index is 0.0194. The molecule has 0 saturated carbocycles. The SMILES string of the molecule is CC(CN)S(=O)CC(=O)Nc1ccc(Br)cc1. The lowest BCUT2D eigenvalue weighted by Crippen LogP contribution is -2.29. The van der Waals surface area contributed by atoms with E-state index in [0.29, 0.717) is 12.2 Å². The number of benzene rings is 1. The zero-order valence-electron chi connectivity index (χ0n) is 9.48. The zero-order valence-corrected chi connectivity index (χ0v) is 11.9. The molecule has 0 aromatic heterocycles. The van der Waals surface area contributed by atoms with Gasteiger partial charge in [0.2, 0.25) is 5.91 Å². The molecule has 0 bridgehead atoms. The molecular weight excluding hydrogens is 304 g/mol. The van der Waals surface area contributed by atoms with Crippen LogP contribution in [0, 0.1) is 0 Å². The summed E-state index contributed by atoms with van der Waals surface area (Å²) in [6.07, 6.45) is 0. The molecule has 17 heavy (non-hydrogen) atoms. The summed E-state index contributed by atoms with van der Waals surface area (Å²) in [5.74, 6) is -0.278. The molecule has 0 aliphatic rings. The summed E-state index contributed by atoms with van der Waals surface area (Å²) in [5, 5.41) is 2.52. The lowest BCUT2D eigenvalue weighted by Gasteiger charge is -2.09. The monoisotopic (exact) mass is 318 g/mol. The molecule has 2 unspecified atom stereocenters. The van der Waals surface area contributed by atoms with Crippen molar-refractivity contribution in [3.05, 3.63) is 28.7 Å². The van der Waals surface area contributed by atoms with Crippen LogP contribution in [-0.4, -0.2) is 27.7 Å². The number of rotatable bonds is 5. The van der Waals surface area contributed by atoms with Gasteiger partial charge in [-0.25, -0.2) is 0 Å². The number of carbonyl (C=O) groups excluding carboxylic acids is 1. The van der Waals surface area contributed by atoms with Crippen LogP contribution in [0.4, 0.5) is 5.69 Å². The molecule has 94 valence electrons. The summed E-state index contributed by atoms with van der Waals surface area (Å²) >= 11 is 3.31. The number of anilines is 1. The van der Waals surface area contributed by atoms with Crippen molar-refractivity contribution in [3.63, 3.8) is 0 Å². The maximum atomic E-state index is 11.6. The molecule has 6 heteroatoms. The molecule has 1 rings (SSSR count). The predicted molar refractivity (Wildman–Crippen MR) is 74.3 cm³/mol. The van der Waals surface area contributed by atoms with Crippen molar-refractivity contribution >= 4 is 38.3 Å². The summed E-state index contributed by atoms with van der Waals surface area (Å²) in [5.41, 5.74) is 6.08. The van der Waals surface area contributed by atoms with E-state index < -0.39 is 10.8 Å². The Morgan fingerprint density at radius 3 is 2.59 bits per heavy atom. The second kappa shape index (κ2) is 6.88. The molecule has 4 nitrogen and oxygen atoms in total. The molecule has 1 amide bonds. The normalized spacial score (nSPS) is 14.1. The van der Waals surface area contributed by atoms with Crippen LogP contribution in [0.15, 0.2) is 28.7 Å². The molecule has 0 fully saturated rings. The van der Waals surface area contributed by atoms with E-state index in [9.17, 15) is 9.00 Å². The maximum absolute atomic E-state index is 11.6. The Balaban J connectivity index is 2.50. The Morgan fingerprint density at radius 2 is 2.06 bits per heavy atom. The van der Waals surface area contributed by atoms with Crippen LogP contribution in [0.1, 0.15) is 6.92 Å². The molecule has 0 aliphatic heterocycles. The highest BCUT2D eigenvalue weighted by Crippen LogP contribution is 2.14. The first kappa shape index (κ1) is 14.3. The number of nitrogens with two attached hydrogens (primary N) is 1. The number of hydrogen-bond acceptors (Lipinski definition) is 3. The fraction of sp³-hybridized carbons (Fsp3) is 0.364. The van der Waals surface area contributed by atoms with Gasteiger partial charge in [-0.2, -0.15) is 0 Å². The quantitative estimate of drug-likeness (QED) is 0.863. The molecule has 0 aliphatic carbocycles. The first-order valence-corrected chi connectivity index (χ1v) is 7.33. The number of halogens is 1. The van der Waals surface area contributed by atoms with Crippen molar-refractivity contribution in [2.45, 2.75) is 12.2 Å². The summed E-state index contributed by atoms with van der Waals surface area (Å²) in [4.78, 5) is 11.6. The third-order valence-electron chi connectivity index (χ3n) is 2.18. The van der Waals surface area contributed by atoms with E-state index in [-0.39, 0.29) is 16.9 Å². The van der Waals surface area contributed by atoms with Crippen molar-refractivity contribution in [1.82, 2.24) is 0 Å². The molecule has 0 saturated heterocycles. The topological polar surface area (TPSA) is 72.2 Å². The predicted octanol–water partition coefficient (Wildman–Crippen LogP) is 1.48. The molecule has 0 heterocycles. The molecule has 1 aromatic rings. The van der Waals surface area contributed by atoms with Crippen molar-refractivity contribution < 1.29 is 9.00 Å². The average molecular weight is 319 g/mol. The third-order valence-corrected chi connectivity index (χ3v) is 4.35. The lowest BCUT2D eigenvalue weighted by atomic mass is 10.3. The van der Waals surface area contributed by atoms with E-state index in [1.165, 1.54) is 0 Å². The van der Waals surface area contributed by atoms with Gasteiger partial charge in [0, 0.05) is 32.8 Å². The fourth-order valence-electron chi connectivity index (χ4n) is 1.11. The van der Waals surface area contributed by atoms with Crippen LogP contribution >= 0.6 is 15.9 Å². The van der Waals surface area contributed by atoms with Crippen molar-refractivity contribution in [1.29, 1.82) is 0 Å². The number of nitrogens with one attached hydrogen (secondary N) is 1. The Morgan fingerprint density at radius 1 is 1.47 bits per heavy atom. The highest BCUT2D eigenvalue weighted by Gasteiger charge is 2.13. The number of amides is 1. The van der Waals surface area contributed by atoms with E-state index in [1.807, 2.05) is 12.1 Å². The number of carbonyl (C=O) groups is 1. The van der Waals surface area contributed by atoms with Crippen LogP contribution in [0.25, 0.3) is 0 Å². The Kier molecular flexibility index (Phi) is 5.80. The second-order valence-corrected chi connectivity index (χ2v) is 6.40. The van der Waals surface area contributed by atoms with Gasteiger partial charge in [0.25, 0.3) is 0 Å². The van der Waals surface area contributed by atoms with Gasteiger partial charge in [-0.1, -0.05) is 15.9 Å².